The number of phosphoric acid groups is 1. The number of esters is 2. The molecule has 0 amide bonds. The average Bonchev–Trinajstić information content (AvgIpc) is 3.11. The average molecular weight is 757 g/mol. The normalized spacial score (nSPS) is 12.5. The van der Waals surface area contributed by atoms with Gasteiger partial charge in [-0.3, -0.25) is 18.9 Å². The maximum absolute atomic E-state index is 12.4. The van der Waals surface area contributed by atoms with Gasteiger partial charge in [0, 0.05) is 19.3 Å². The summed E-state index contributed by atoms with van der Waals surface area (Å²) in [7, 11) is -4.78. The van der Waals surface area contributed by atoms with Crippen molar-refractivity contribution in [3.05, 3.63) is 24.3 Å². The second-order valence-corrected chi connectivity index (χ2v) is 15.6. The largest absolute Gasteiger partial charge is 0.469 e. The van der Waals surface area contributed by atoms with Crippen LogP contribution in [0.5, 0.6) is 0 Å². The monoisotopic (exact) mass is 757 g/mol. The molecular formula is C42H77O9P. The lowest BCUT2D eigenvalue weighted by molar-refractivity contribution is -0.161. The first-order valence-electron chi connectivity index (χ1n) is 21.1. The summed E-state index contributed by atoms with van der Waals surface area (Å²) in [5, 5.41) is 0. The van der Waals surface area contributed by atoms with Crippen molar-refractivity contribution in [3.8, 4) is 0 Å². The van der Waals surface area contributed by atoms with E-state index in [9.17, 15) is 18.9 Å². The Labute approximate surface area is 317 Å². The van der Waals surface area contributed by atoms with Gasteiger partial charge in [-0.05, 0) is 38.2 Å². The van der Waals surface area contributed by atoms with Gasteiger partial charge in [0.15, 0.2) is 11.9 Å². The number of unbranched alkanes of at least 4 members (excludes halogenated alkanes) is 24. The van der Waals surface area contributed by atoms with Crippen LogP contribution in [0.15, 0.2) is 24.3 Å². The molecule has 304 valence electrons. The molecule has 0 aliphatic carbocycles. The zero-order valence-electron chi connectivity index (χ0n) is 33.2. The van der Waals surface area contributed by atoms with Gasteiger partial charge in [-0.2, -0.15) is 0 Å². The third kappa shape index (κ3) is 39.4. The van der Waals surface area contributed by atoms with Crippen LogP contribution >= 0.6 is 7.82 Å². The number of hydrogen-bond acceptors (Lipinski definition) is 7. The summed E-state index contributed by atoms with van der Waals surface area (Å²) in [5.41, 5.74) is 0. The number of ketones is 1. The van der Waals surface area contributed by atoms with Gasteiger partial charge < -0.3 is 19.3 Å². The van der Waals surface area contributed by atoms with Crippen molar-refractivity contribution in [2.24, 2.45) is 0 Å². The maximum Gasteiger partial charge on any atom is 0.469 e. The molecule has 2 N–H and O–H groups in total. The Balaban J connectivity index is 3.96. The molecule has 52 heavy (non-hydrogen) atoms. The number of hydrogen-bond donors (Lipinski definition) is 2. The van der Waals surface area contributed by atoms with Crippen LogP contribution in [-0.2, 0) is 32.9 Å². The fourth-order valence-corrected chi connectivity index (χ4v) is 6.36. The Hall–Kier alpha value is -1.80. The number of rotatable bonds is 39. The number of ether oxygens (including phenoxy) is 2. The molecule has 0 aliphatic rings. The Bertz CT molecular complexity index is 959. The summed E-state index contributed by atoms with van der Waals surface area (Å²) in [6, 6.07) is 0. The van der Waals surface area contributed by atoms with Crippen molar-refractivity contribution < 1.29 is 42.7 Å². The molecule has 0 saturated heterocycles. The van der Waals surface area contributed by atoms with Gasteiger partial charge in [0.05, 0.1) is 6.61 Å². The van der Waals surface area contributed by atoms with E-state index in [0.717, 1.165) is 44.9 Å². The van der Waals surface area contributed by atoms with E-state index in [1.807, 2.05) is 12.2 Å². The molecule has 0 aliphatic heterocycles. The molecule has 0 rings (SSSR count). The predicted octanol–water partition coefficient (Wildman–Crippen LogP) is 12.0. The second-order valence-electron chi connectivity index (χ2n) is 14.4. The third-order valence-corrected chi connectivity index (χ3v) is 9.68. The topological polar surface area (TPSA) is 136 Å². The van der Waals surface area contributed by atoms with E-state index in [2.05, 4.69) is 24.4 Å². The first-order valence-corrected chi connectivity index (χ1v) is 22.6. The fraction of sp³-hybridized carbons (Fsp3) is 0.833. The van der Waals surface area contributed by atoms with E-state index in [-0.39, 0.29) is 25.2 Å². The van der Waals surface area contributed by atoms with Crippen LogP contribution in [0.25, 0.3) is 0 Å². The second kappa shape index (κ2) is 37.5. The van der Waals surface area contributed by atoms with Crippen LogP contribution in [0, 0.1) is 0 Å². The van der Waals surface area contributed by atoms with Crippen LogP contribution in [0.3, 0.4) is 0 Å². The summed E-state index contributed by atoms with van der Waals surface area (Å²) in [4.78, 5) is 54.8. The minimum atomic E-state index is -4.78. The summed E-state index contributed by atoms with van der Waals surface area (Å²) in [6.07, 6.45) is 38.6. The molecule has 9 nitrogen and oxygen atoms in total. The molecular weight excluding hydrogens is 679 g/mol. The number of allylic oxidation sites excluding steroid dienone is 4. The van der Waals surface area contributed by atoms with Crippen molar-refractivity contribution in [1.82, 2.24) is 0 Å². The van der Waals surface area contributed by atoms with Gasteiger partial charge in [0.25, 0.3) is 0 Å². The highest BCUT2D eigenvalue weighted by Crippen LogP contribution is 2.36. The van der Waals surface area contributed by atoms with Crippen LogP contribution in [0.1, 0.15) is 206 Å². The predicted molar refractivity (Wildman–Crippen MR) is 212 cm³/mol. The minimum absolute atomic E-state index is 0.112. The van der Waals surface area contributed by atoms with Gasteiger partial charge in [-0.15, -0.1) is 0 Å². The smallest absolute Gasteiger partial charge is 0.462 e. The quantitative estimate of drug-likeness (QED) is 0.0206. The standard InChI is InChI=1S/C42H77O9P/c1-3-5-7-9-11-12-13-14-15-16-17-18-19-20-21-23-27-31-35-41(44)49-37-40(38-50-52(46,47)48)51-42(45)36-32-28-24-26-30-34-39(43)33-29-25-22-10-8-6-4-2/h22,25,29,33,40H,3-21,23-24,26-28,30-32,34-38H2,1-2H3,(H2,46,47,48)/b25-22-,33-29+/t40-/m1/s1. The molecule has 0 unspecified atom stereocenters. The van der Waals surface area contributed by atoms with Gasteiger partial charge >= 0.3 is 19.8 Å². The first-order chi connectivity index (χ1) is 25.2. The molecule has 0 bridgehead atoms. The number of phosphoric ester groups is 1. The fourth-order valence-electron chi connectivity index (χ4n) is 6.00. The van der Waals surface area contributed by atoms with Crippen molar-refractivity contribution in [2.75, 3.05) is 13.2 Å². The Morgan fingerprint density at radius 3 is 1.44 bits per heavy atom. The van der Waals surface area contributed by atoms with Crippen LogP contribution in [0.4, 0.5) is 0 Å². The summed E-state index contributed by atoms with van der Waals surface area (Å²) >= 11 is 0. The molecule has 0 aromatic heterocycles. The lowest BCUT2D eigenvalue weighted by Crippen LogP contribution is -2.29. The Morgan fingerprint density at radius 2 is 0.962 bits per heavy atom. The summed E-state index contributed by atoms with van der Waals surface area (Å²) < 4.78 is 26.3. The van der Waals surface area contributed by atoms with Gasteiger partial charge in [0.2, 0.25) is 0 Å². The first kappa shape index (κ1) is 50.2. The lowest BCUT2D eigenvalue weighted by atomic mass is 10.0. The van der Waals surface area contributed by atoms with E-state index >= 15 is 0 Å². The van der Waals surface area contributed by atoms with Crippen molar-refractivity contribution in [2.45, 2.75) is 213 Å². The van der Waals surface area contributed by atoms with Crippen molar-refractivity contribution >= 4 is 25.5 Å². The SMILES string of the molecule is CCCCC/C=C\C=C\C(=O)CCCCCCCC(=O)O[C@H](COC(=O)CCCCCCCCCCCCCCCCCCCC)COP(=O)(O)O. The van der Waals surface area contributed by atoms with E-state index in [1.54, 1.807) is 6.08 Å². The van der Waals surface area contributed by atoms with E-state index in [4.69, 9.17) is 19.3 Å². The number of carbonyl (C=O) groups is 3. The molecule has 0 heterocycles. The molecule has 0 fully saturated rings. The summed E-state index contributed by atoms with van der Waals surface area (Å²) in [5.74, 6) is -0.857. The van der Waals surface area contributed by atoms with Crippen molar-refractivity contribution in [3.63, 3.8) is 0 Å². The van der Waals surface area contributed by atoms with Crippen molar-refractivity contribution in [1.29, 1.82) is 0 Å². The Morgan fingerprint density at radius 1 is 0.538 bits per heavy atom. The maximum atomic E-state index is 12.4. The van der Waals surface area contributed by atoms with Gasteiger partial charge in [0.1, 0.15) is 6.61 Å². The highest BCUT2D eigenvalue weighted by atomic mass is 31.2. The molecule has 0 spiro atoms. The van der Waals surface area contributed by atoms with E-state index in [1.165, 1.54) is 116 Å². The third-order valence-electron chi connectivity index (χ3n) is 9.20. The molecule has 0 saturated carbocycles. The molecule has 10 heteroatoms. The highest BCUT2D eigenvalue weighted by Gasteiger charge is 2.23. The van der Waals surface area contributed by atoms with Gasteiger partial charge in [-0.1, -0.05) is 173 Å². The van der Waals surface area contributed by atoms with E-state index < -0.39 is 32.5 Å². The molecule has 0 aromatic rings. The minimum Gasteiger partial charge on any atom is -0.462 e. The zero-order valence-corrected chi connectivity index (χ0v) is 34.1. The van der Waals surface area contributed by atoms with Gasteiger partial charge in [-0.25, -0.2) is 4.57 Å². The molecule has 1 atom stereocenters. The Kier molecular flexibility index (Phi) is 36.2. The highest BCUT2D eigenvalue weighted by molar-refractivity contribution is 7.46. The molecule has 0 aromatic carbocycles. The van der Waals surface area contributed by atoms with Crippen LogP contribution in [0.2, 0.25) is 0 Å². The van der Waals surface area contributed by atoms with E-state index in [0.29, 0.717) is 19.3 Å². The van der Waals surface area contributed by atoms with Crippen LogP contribution in [-0.4, -0.2) is 46.8 Å². The number of carbonyl (C=O) groups excluding carboxylic acids is 3. The lowest BCUT2D eigenvalue weighted by Gasteiger charge is -2.18. The van der Waals surface area contributed by atoms with Crippen LogP contribution < -0.4 is 0 Å². The summed E-state index contributed by atoms with van der Waals surface area (Å²) in [6.45, 7) is 3.55. The zero-order chi connectivity index (χ0) is 38.4. The molecule has 0 radical (unpaired) electrons.